The molecule has 2 heterocycles. The second-order valence-electron chi connectivity index (χ2n) is 2.77. The van der Waals surface area contributed by atoms with Crippen molar-refractivity contribution in [3.05, 3.63) is 24.8 Å². The van der Waals surface area contributed by atoms with Gasteiger partial charge in [-0.05, 0) is 0 Å². The summed E-state index contributed by atoms with van der Waals surface area (Å²) in [7, 11) is -1.48. The summed E-state index contributed by atoms with van der Waals surface area (Å²) in [5, 5.41) is 0. The van der Waals surface area contributed by atoms with Gasteiger partial charge in [0, 0.05) is 6.42 Å². The minimum absolute atomic E-state index is 0.0976. The predicted octanol–water partition coefficient (Wildman–Crippen LogP) is 1.89. The maximum Gasteiger partial charge on any atom is 0.399 e. The normalized spacial score (nSPS) is 40.5. The third kappa shape index (κ3) is 1.75. The lowest BCUT2D eigenvalue weighted by molar-refractivity contribution is 0.0647. The summed E-state index contributed by atoms with van der Waals surface area (Å²) in [5.74, 6) is 0. The van der Waals surface area contributed by atoms with E-state index >= 15 is 0 Å². The van der Waals surface area contributed by atoms with E-state index < -0.39 is 8.60 Å². The number of hydrogen-bond acceptors (Lipinski definition) is 3. The van der Waals surface area contributed by atoms with Gasteiger partial charge in [-0.3, -0.25) is 0 Å². The molecule has 2 aliphatic heterocycles. The summed E-state index contributed by atoms with van der Waals surface area (Å²) in [6.45, 7) is 4.30. The van der Waals surface area contributed by atoms with Crippen LogP contribution in [-0.4, -0.2) is 18.8 Å². The van der Waals surface area contributed by atoms with Gasteiger partial charge in [-0.1, -0.05) is 18.2 Å². The Kier molecular flexibility index (Phi) is 2.57. The molecule has 2 rings (SSSR count). The zero-order chi connectivity index (χ0) is 8.39. The van der Waals surface area contributed by atoms with Gasteiger partial charge < -0.3 is 0 Å². The molecule has 4 heteroatoms. The first-order chi connectivity index (χ1) is 5.88. The Bertz CT molecular complexity index is 204. The van der Waals surface area contributed by atoms with Crippen LogP contribution in [0.2, 0.25) is 0 Å². The molecular formula is C8H12O3P+. The van der Waals surface area contributed by atoms with E-state index in [1.165, 1.54) is 0 Å². The Hall–Kier alpha value is -0.210. The molecule has 12 heavy (non-hydrogen) atoms. The summed E-state index contributed by atoms with van der Waals surface area (Å²) in [4.78, 5) is 0. The van der Waals surface area contributed by atoms with Gasteiger partial charge in [0.15, 0.2) is 0 Å². The van der Waals surface area contributed by atoms with Crippen molar-refractivity contribution in [1.29, 1.82) is 0 Å². The van der Waals surface area contributed by atoms with Crippen LogP contribution in [-0.2, 0) is 13.6 Å². The summed E-state index contributed by atoms with van der Waals surface area (Å²) in [6.07, 6.45) is 6.95. The molecule has 0 aromatic carbocycles. The standard InChI is InChI=1S/C8H12O3P/c1-2-7-6-8-4-3-5-9-12(10-7)11-8/h2-4,7-8,12H,1,5-6H2/q+1/t7-,8-/m1/s1. The molecule has 0 saturated carbocycles. The Morgan fingerprint density at radius 1 is 1.50 bits per heavy atom. The van der Waals surface area contributed by atoms with Gasteiger partial charge in [0.25, 0.3) is 0 Å². The summed E-state index contributed by atoms with van der Waals surface area (Å²) in [6, 6.07) is 0. The van der Waals surface area contributed by atoms with Crippen molar-refractivity contribution in [2.24, 2.45) is 0 Å². The Morgan fingerprint density at radius 3 is 3.25 bits per heavy atom. The molecule has 0 aromatic heterocycles. The number of hydrogen-bond donors (Lipinski definition) is 0. The van der Waals surface area contributed by atoms with Crippen LogP contribution in [0.5, 0.6) is 0 Å². The quantitative estimate of drug-likeness (QED) is 0.463. The summed E-state index contributed by atoms with van der Waals surface area (Å²) in [5.41, 5.74) is 0. The van der Waals surface area contributed by atoms with Crippen molar-refractivity contribution in [2.75, 3.05) is 6.61 Å². The highest BCUT2D eigenvalue weighted by Gasteiger charge is 2.36. The first-order valence-electron chi connectivity index (χ1n) is 4.01. The molecule has 0 radical (unpaired) electrons. The van der Waals surface area contributed by atoms with E-state index in [0.717, 1.165) is 6.42 Å². The van der Waals surface area contributed by atoms with Gasteiger partial charge in [0.05, 0.1) is 0 Å². The molecule has 2 aliphatic rings. The highest BCUT2D eigenvalue weighted by Crippen LogP contribution is 2.48. The molecule has 1 saturated heterocycles. The molecular weight excluding hydrogens is 175 g/mol. The number of rotatable bonds is 1. The molecule has 0 aromatic rings. The molecule has 1 fully saturated rings. The molecule has 66 valence electrons. The maximum atomic E-state index is 5.50. The molecule has 0 amide bonds. The van der Waals surface area contributed by atoms with E-state index in [9.17, 15) is 0 Å². The SMILES string of the molecule is C=C[C@@H]1C[C@H]2C=CCO[PH+](O1)O2. The smallest absolute Gasteiger partial charge is 0.175 e. The van der Waals surface area contributed by atoms with Crippen molar-refractivity contribution in [3.8, 4) is 0 Å². The highest BCUT2D eigenvalue weighted by molar-refractivity contribution is 7.41. The Balaban J connectivity index is 2.06. The molecule has 3 nitrogen and oxygen atoms in total. The van der Waals surface area contributed by atoms with Crippen molar-refractivity contribution >= 4 is 8.60 Å². The molecule has 0 N–H and O–H groups in total. The lowest BCUT2D eigenvalue weighted by atomic mass is 10.1. The lowest BCUT2D eigenvalue weighted by Crippen LogP contribution is -2.23. The minimum atomic E-state index is -1.48. The third-order valence-corrected chi connectivity index (χ3v) is 3.26. The second-order valence-corrected chi connectivity index (χ2v) is 4.03. The fraction of sp³-hybridized carbons (Fsp3) is 0.500. The highest BCUT2D eigenvalue weighted by atomic mass is 31.2. The first kappa shape index (κ1) is 8.39. The zero-order valence-electron chi connectivity index (χ0n) is 6.73. The van der Waals surface area contributed by atoms with Crippen LogP contribution in [0.4, 0.5) is 0 Å². The van der Waals surface area contributed by atoms with E-state index in [4.69, 9.17) is 13.6 Å². The fourth-order valence-electron chi connectivity index (χ4n) is 1.25. The monoisotopic (exact) mass is 187 g/mol. The van der Waals surface area contributed by atoms with E-state index in [0.29, 0.717) is 6.61 Å². The van der Waals surface area contributed by atoms with Crippen molar-refractivity contribution in [3.63, 3.8) is 0 Å². The van der Waals surface area contributed by atoms with Crippen LogP contribution >= 0.6 is 8.60 Å². The van der Waals surface area contributed by atoms with Gasteiger partial charge in [-0.15, -0.1) is 6.58 Å². The summed E-state index contributed by atoms with van der Waals surface area (Å²) >= 11 is 0. The minimum Gasteiger partial charge on any atom is -0.175 e. The first-order valence-corrected chi connectivity index (χ1v) is 5.23. The average Bonchev–Trinajstić information content (AvgIpc) is 2.27. The van der Waals surface area contributed by atoms with Crippen LogP contribution in [0.1, 0.15) is 6.42 Å². The van der Waals surface area contributed by atoms with Crippen molar-refractivity contribution in [1.82, 2.24) is 0 Å². The van der Waals surface area contributed by atoms with Gasteiger partial charge in [-0.2, -0.15) is 13.6 Å². The number of fused-ring (bicyclic) bond motifs is 2. The van der Waals surface area contributed by atoms with E-state index in [1.54, 1.807) is 0 Å². The van der Waals surface area contributed by atoms with Gasteiger partial charge in [-0.25, -0.2) is 0 Å². The molecule has 1 unspecified atom stereocenters. The molecule has 2 bridgehead atoms. The second kappa shape index (κ2) is 3.67. The topological polar surface area (TPSA) is 27.7 Å². The average molecular weight is 187 g/mol. The predicted molar refractivity (Wildman–Crippen MR) is 48.0 cm³/mol. The van der Waals surface area contributed by atoms with E-state index in [1.807, 2.05) is 18.2 Å². The van der Waals surface area contributed by atoms with E-state index in [-0.39, 0.29) is 12.2 Å². The zero-order valence-corrected chi connectivity index (χ0v) is 7.73. The van der Waals surface area contributed by atoms with Gasteiger partial charge in [0.2, 0.25) is 0 Å². The van der Waals surface area contributed by atoms with Crippen LogP contribution in [0.15, 0.2) is 24.8 Å². The summed E-state index contributed by atoms with van der Waals surface area (Å²) < 4.78 is 16.3. The maximum absolute atomic E-state index is 5.50. The Labute approximate surface area is 73.0 Å². The van der Waals surface area contributed by atoms with E-state index in [2.05, 4.69) is 6.58 Å². The van der Waals surface area contributed by atoms with Crippen LogP contribution in [0.25, 0.3) is 0 Å². The van der Waals surface area contributed by atoms with Crippen LogP contribution < -0.4 is 0 Å². The van der Waals surface area contributed by atoms with Gasteiger partial charge in [0.1, 0.15) is 18.8 Å². The largest absolute Gasteiger partial charge is 0.399 e. The van der Waals surface area contributed by atoms with Crippen LogP contribution in [0.3, 0.4) is 0 Å². The fourth-order valence-corrected chi connectivity index (χ4v) is 2.54. The lowest BCUT2D eigenvalue weighted by Gasteiger charge is -2.22. The van der Waals surface area contributed by atoms with Crippen LogP contribution in [0, 0.1) is 0 Å². The molecule has 3 atom stereocenters. The van der Waals surface area contributed by atoms with Gasteiger partial charge >= 0.3 is 8.60 Å². The Morgan fingerprint density at radius 2 is 2.42 bits per heavy atom. The van der Waals surface area contributed by atoms with Crippen molar-refractivity contribution < 1.29 is 13.6 Å². The molecule has 0 aliphatic carbocycles. The molecule has 0 spiro atoms. The van der Waals surface area contributed by atoms with Crippen molar-refractivity contribution in [2.45, 2.75) is 18.6 Å². The third-order valence-electron chi connectivity index (χ3n) is 1.87.